The minimum absolute atomic E-state index is 0.152. The summed E-state index contributed by atoms with van der Waals surface area (Å²) in [5.41, 5.74) is 0.463. The van der Waals surface area contributed by atoms with E-state index in [1.54, 1.807) is 39.2 Å². The van der Waals surface area contributed by atoms with Crippen LogP contribution in [-0.4, -0.2) is 32.2 Å². The van der Waals surface area contributed by atoms with E-state index in [1.165, 1.54) is 12.1 Å². The Labute approximate surface area is 166 Å². The Morgan fingerprint density at radius 3 is 2.39 bits per heavy atom. The van der Waals surface area contributed by atoms with E-state index in [4.69, 9.17) is 9.47 Å². The van der Waals surface area contributed by atoms with Crippen LogP contribution >= 0.6 is 0 Å². The molecule has 0 saturated heterocycles. The quantitative estimate of drug-likeness (QED) is 0.774. The molecule has 0 saturated carbocycles. The van der Waals surface area contributed by atoms with Crippen molar-refractivity contribution in [2.45, 2.75) is 55.8 Å². The summed E-state index contributed by atoms with van der Waals surface area (Å²) in [6, 6.07) is 11.9. The molecule has 0 aromatic heterocycles. The van der Waals surface area contributed by atoms with Crippen LogP contribution in [0.15, 0.2) is 47.4 Å². The number of rotatable bonds is 3. The maximum Gasteiger partial charge on any atom is 0.194 e. The molecule has 28 heavy (non-hydrogen) atoms. The minimum atomic E-state index is -3.84. The standard InChI is InChI=1S/C22H26O5S/c1-14-12-20(28(24,25)16-9-7-6-8-10-16)21(23)22(3,4)27-19-11-15(2)18(26-5)13-17(14)19/h6-11,13-14,20H,12H2,1-5H3/t14-,20-/m0/s1. The maximum absolute atomic E-state index is 13.3. The molecule has 5 nitrogen and oxygen atoms in total. The molecule has 1 aliphatic rings. The van der Waals surface area contributed by atoms with Gasteiger partial charge in [0.15, 0.2) is 21.2 Å². The number of ketones is 1. The van der Waals surface area contributed by atoms with Gasteiger partial charge in [-0.3, -0.25) is 4.79 Å². The zero-order valence-electron chi connectivity index (χ0n) is 16.9. The lowest BCUT2D eigenvalue weighted by Crippen LogP contribution is -2.49. The Hall–Kier alpha value is -2.34. The molecule has 0 radical (unpaired) electrons. The number of hydrogen-bond donors (Lipinski definition) is 0. The van der Waals surface area contributed by atoms with Crippen LogP contribution < -0.4 is 9.47 Å². The van der Waals surface area contributed by atoms with E-state index in [2.05, 4.69) is 0 Å². The summed E-state index contributed by atoms with van der Waals surface area (Å²) in [5, 5.41) is -1.18. The summed E-state index contributed by atoms with van der Waals surface area (Å²) in [5.74, 6) is 0.677. The normalized spacial score (nSPS) is 21.8. The first-order valence-corrected chi connectivity index (χ1v) is 10.8. The van der Waals surface area contributed by atoms with Gasteiger partial charge in [-0.25, -0.2) is 8.42 Å². The molecule has 2 aromatic rings. The Balaban J connectivity index is 2.14. The van der Waals surface area contributed by atoms with Crippen LogP contribution in [0.3, 0.4) is 0 Å². The van der Waals surface area contributed by atoms with E-state index in [0.717, 1.165) is 11.1 Å². The van der Waals surface area contributed by atoms with Crippen molar-refractivity contribution >= 4 is 15.6 Å². The highest BCUT2D eigenvalue weighted by Gasteiger charge is 2.46. The largest absolute Gasteiger partial charge is 0.496 e. The summed E-state index contributed by atoms with van der Waals surface area (Å²) < 4.78 is 38.1. The van der Waals surface area contributed by atoms with E-state index < -0.39 is 26.5 Å². The van der Waals surface area contributed by atoms with Crippen molar-refractivity contribution in [3.8, 4) is 11.5 Å². The van der Waals surface area contributed by atoms with Gasteiger partial charge in [0, 0.05) is 5.56 Å². The van der Waals surface area contributed by atoms with Gasteiger partial charge in [-0.1, -0.05) is 25.1 Å². The average molecular weight is 403 g/mol. The molecule has 2 atom stereocenters. The SMILES string of the molecule is COc1cc2c(cc1C)OC(C)(C)C(=O)[C@@H](S(=O)(=O)c1ccccc1)C[C@@H]2C. The van der Waals surface area contributed by atoms with Gasteiger partial charge >= 0.3 is 0 Å². The summed E-state index contributed by atoms with van der Waals surface area (Å²) >= 11 is 0. The van der Waals surface area contributed by atoms with Crippen molar-refractivity contribution in [2.75, 3.05) is 7.11 Å². The molecule has 0 bridgehead atoms. The number of Topliss-reactive ketones (excluding diaryl/α,β-unsaturated/α-hetero) is 1. The number of hydrogen-bond acceptors (Lipinski definition) is 5. The van der Waals surface area contributed by atoms with Crippen molar-refractivity contribution in [2.24, 2.45) is 0 Å². The molecule has 2 aromatic carbocycles. The van der Waals surface area contributed by atoms with Crippen LogP contribution in [0.25, 0.3) is 0 Å². The molecule has 0 N–H and O–H groups in total. The fraction of sp³-hybridized carbons (Fsp3) is 0.409. The van der Waals surface area contributed by atoms with E-state index in [-0.39, 0.29) is 17.2 Å². The second kappa shape index (κ2) is 7.24. The predicted octanol–water partition coefficient (Wildman–Crippen LogP) is 4.08. The lowest BCUT2D eigenvalue weighted by atomic mass is 9.87. The summed E-state index contributed by atoms with van der Waals surface area (Å²) in [6.45, 7) is 7.07. The number of fused-ring (bicyclic) bond motifs is 1. The Bertz CT molecular complexity index is 993. The Morgan fingerprint density at radius 2 is 1.79 bits per heavy atom. The van der Waals surface area contributed by atoms with Crippen molar-refractivity contribution in [1.82, 2.24) is 0 Å². The number of benzene rings is 2. The summed E-state index contributed by atoms with van der Waals surface area (Å²) in [6.07, 6.45) is 0.183. The van der Waals surface area contributed by atoms with E-state index >= 15 is 0 Å². The second-order valence-electron chi connectivity index (χ2n) is 7.82. The third kappa shape index (κ3) is 3.53. The predicted molar refractivity (Wildman–Crippen MR) is 108 cm³/mol. The number of aryl methyl sites for hydroxylation is 1. The highest BCUT2D eigenvalue weighted by atomic mass is 32.2. The van der Waals surface area contributed by atoms with Crippen molar-refractivity contribution in [3.63, 3.8) is 0 Å². The molecule has 0 aliphatic carbocycles. The number of carbonyl (C=O) groups excluding carboxylic acids is 1. The Morgan fingerprint density at radius 1 is 1.14 bits per heavy atom. The lowest BCUT2D eigenvalue weighted by Gasteiger charge is -2.35. The van der Waals surface area contributed by atoms with E-state index in [9.17, 15) is 13.2 Å². The molecular formula is C22H26O5S. The lowest BCUT2D eigenvalue weighted by molar-refractivity contribution is -0.132. The van der Waals surface area contributed by atoms with Crippen molar-refractivity contribution < 1.29 is 22.7 Å². The zero-order valence-corrected chi connectivity index (χ0v) is 17.7. The van der Waals surface area contributed by atoms with Gasteiger partial charge in [-0.05, 0) is 62.9 Å². The smallest absolute Gasteiger partial charge is 0.194 e. The number of sulfone groups is 1. The second-order valence-corrected chi connectivity index (χ2v) is 9.95. The molecule has 0 unspecified atom stereocenters. The van der Waals surface area contributed by atoms with Crippen LogP contribution in [0.5, 0.6) is 11.5 Å². The highest BCUT2D eigenvalue weighted by molar-refractivity contribution is 7.92. The highest BCUT2D eigenvalue weighted by Crippen LogP contribution is 2.41. The first-order chi connectivity index (χ1) is 13.1. The van der Waals surface area contributed by atoms with Crippen LogP contribution in [0.4, 0.5) is 0 Å². The molecule has 1 heterocycles. The molecule has 0 amide bonds. The molecule has 1 aliphatic heterocycles. The van der Waals surface area contributed by atoms with Crippen molar-refractivity contribution in [3.05, 3.63) is 53.6 Å². The van der Waals surface area contributed by atoms with Gasteiger partial charge in [0.05, 0.1) is 12.0 Å². The molecule has 6 heteroatoms. The van der Waals surface area contributed by atoms with Crippen molar-refractivity contribution in [1.29, 1.82) is 0 Å². The van der Waals surface area contributed by atoms with Gasteiger partial charge in [-0.15, -0.1) is 0 Å². The molecule has 150 valence electrons. The van der Waals surface area contributed by atoms with E-state index in [1.807, 2.05) is 26.0 Å². The fourth-order valence-corrected chi connectivity index (χ4v) is 5.65. The summed E-state index contributed by atoms with van der Waals surface area (Å²) in [4.78, 5) is 13.4. The molecule has 0 fully saturated rings. The van der Waals surface area contributed by atoms with Crippen LogP contribution in [0, 0.1) is 6.92 Å². The van der Waals surface area contributed by atoms with Gasteiger partial charge in [0.1, 0.15) is 16.7 Å². The third-order valence-corrected chi connectivity index (χ3v) is 7.41. The number of carbonyl (C=O) groups is 1. The van der Waals surface area contributed by atoms with Gasteiger partial charge in [-0.2, -0.15) is 0 Å². The van der Waals surface area contributed by atoms with Crippen LogP contribution in [0.2, 0.25) is 0 Å². The average Bonchev–Trinajstić information content (AvgIpc) is 2.65. The van der Waals surface area contributed by atoms with Gasteiger partial charge in [0.2, 0.25) is 0 Å². The van der Waals surface area contributed by atoms with Crippen LogP contribution in [-0.2, 0) is 14.6 Å². The first kappa shape index (κ1) is 20.4. The minimum Gasteiger partial charge on any atom is -0.496 e. The number of ether oxygens (including phenoxy) is 2. The summed E-state index contributed by atoms with van der Waals surface area (Å²) in [7, 11) is -2.25. The van der Waals surface area contributed by atoms with Crippen LogP contribution in [0.1, 0.15) is 44.2 Å². The molecule has 3 rings (SSSR count). The third-order valence-electron chi connectivity index (χ3n) is 5.32. The van der Waals surface area contributed by atoms with E-state index in [0.29, 0.717) is 11.5 Å². The number of methoxy groups -OCH3 is 1. The fourth-order valence-electron chi connectivity index (χ4n) is 3.68. The first-order valence-electron chi connectivity index (χ1n) is 9.28. The molecular weight excluding hydrogens is 376 g/mol. The zero-order chi connectivity index (χ0) is 20.7. The van der Waals surface area contributed by atoms with Gasteiger partial charge < -0.3 is 9.47 Å². The monoisotopic (exact) mass is 402 g/mol. The Kier molecular flexibility index (Phi) is 5.28. The molecule has 0 spiro atoms. The maximum atomic E-state index is 13.3. The topological polar surface area (TPSA) is 69.7 Å². The van der Waals surface area contributed by atoms with Gasteiger partial charge in [0.25, 0.3) is 0 Å².